The monoisotopic (exact) mass is 295 g/mol. The van der Waals surface area contributed by atoms with E-state index in [1.807, 2.05) is 13.8 Å². The summed E-state index contributed by atoms with van der Waals surface area (Å²) >= 11 is 0. The van der Waals surface area contributed by atoms with E-state index in [2.05, 4.69) is 10.6 Å². The highest BCUT2D eigenvalue weighted by molar-refractivity contribution is 5.80. The molecule has 21 heavy (non-hydrogen) atoms. The molecule has 3 amide bonds. The molecule has 3 atom stereocenters. The number of amides is 3. The van der Waals surface area contributed by atoms with Crippen LogP contribution in [0, 0.1) is 5.92 Å². The molecular weight excluding hydrogens is 270 g/mol. The molecule has 0 unspecified atom stereocenters. The first-order valence-corrected chi connectivity index (χ1v) is 8.04. The number of carbonyl (C=O) groups is 2. The molecular formula is C15H25N3O3. The molecule has 2 aliphatic heterocycles. The Labute approximate surface area is 125 Å². The maximum absolute atomic E-state index is 12.3. The van der Waals surface area contributed by atoms with Crippen LogP contribution >= 0.6 is 0 Å². The Bertz CT molecular complexity index is 422. The Morgan fingerprint density at radius 1 is 1.24 bits per heavy atom. The molecule has 0 radical (unpaired) electrons. The minimum absolute atomic E-state index is 0.00111. The summed E-state index contributed by atoms with van der Waals surface area (Å²) in [4.78, 5) is 26.2. The van der Waals surface area contributed by atoms with Crippen LogP contribution in [0.25, 0.3) is 0 Å². The summed E-state index contributed by atoms with van der Waals surface area (Å²) < 4.78 is 5.87. The predicted octanol–water partition coefficient (Wildman–Crippen LogP) is 0.862. The van der Waals surface area contributed by atoms with Crippen molar-refractivity contribution in [2.24, 2.45) is 5.92 Å². The van der Waals surface area contributed by atoms with Crippen LogP contribution in [0.5, 0.6) is 0 Å². The molecule has 6 nitrogen and oxygen atoms in total. The molecule has 1 aliphatic carbocycles. The number of urea groups is 1. The third-order valence-electron chi connectivity index (χ3n) is 4.64. The maximum atomic E-state index is 12.3. The zero-order valence-corrected chi connectivity index (χ0v) is 12.8. The second-order valence-corrected chi connectivity index (χ2v) is 6.78. The topological polar surface area (TPSA) is 70.7 Å². The van der Waals surface area contributed by atoms with Crippen LogP contribution in [0.3, 0.4) is 0 Å². The van der Waals surface area contributed by atoms with E-state index in [4.69, 9.17) is 4.74 Å². The summed E-state index contributed by atoms with van der Waals surface area (Å²) in [5.74, 6) is 0.00534. The summed E-state index contributed by atoms with van der Waals surface area (Å²) in [6.45, 7) is 4.99. The second-order valence-electron chi connectivity index (χ2n) is 6.78. The first-order valence-electron chi connectivity index (χ1n) is 8.04. The number of likely N-dealkylation sites (tertiary alicyclic amines) is 1. The van der Waals surface area contributed by atoms with Gasteiger partial charge >= 0.3 is 6.03 Å². The van der Waals surface area contributed by atoms with E-state index < -0.39 is 0 Å². The first-order chi connectivity index (χ1) is 10.0. The number of nitrogens with one attached hydrogen (secondary N) is 2. The van der Waals surface area contributed by atoms with E-state index in [1.165, 1.54) is 6.42 Å². The summed E-state index contributed by atoms with van der Waals surface area (Å²) in [6, 6.07) is 0.428. The zero-order valence-electron chi connectivity index (χ0n) is 12.8. The number of nitrogens with zero attached hydrogens (tertiary/aromatic N) is 1. The number of ether oxygens (including phenoxy) is 1. The molecule has 2 N–H and O–H groups in total. The number of morpholine rings is 1. The largest absolute Gasteiger partial charge is 0.370 e. The van der Waals surface area contributed by atoms with Crippen LogP contribution in [0.15, 0.2) is 0 Å². The number of hydrogen-bond donors (Lipinski definition) is 2. The number of hydrogen-bond acceptors (Lipinski definition) is 3. The minimum atomic E-state index is -0.151. The lowest BCUT2D eigenvalue weighted by Gasteiger charge is -2.33. The van der Waals surface area contributed by atoms with Crippen LogP contribution in [0.4, 0.5) is 4.79 Å². The van der Waals surface area contributed by atoms with Crippen molar-refractivity contribution in [3.05, 3.63) is 0 Å². The summed E-state index contributed by atoms with van der Waals surface area (Å²) in [5.41, 5.74) is 0. The van der Waals surface area contributed by atoms with Crippen molar-refractivity contribution in [2.75, 3.05) is 13.1 Å². The lowest BCUT2D eigenvalue weighted by Crippen LogP contribution is -2.52. The van der Waals surface area contributed by atoms with E-state index >= 15 is 0 Å². The fourth-order valence-electron chi connectivity index (χ4n) is 3.30. The van der Waals surface area contributed by atoms with Crippen LogP contribution in [0.1, 0.15) is 39.5 Å². The van der Waals surface area contributed by atoms with Gasteiger partial charge in [0.15, 0.2) is 0 Å². The highest BCUT2D eigenvalue weighted by Crippen LogP contribution is 2.32. The lowest BCUT2D eigenvalue weighted by atomic mass is 9.91. The highest BCUT2D eigenvalue weighted by atomic mass is 16.5. The third kappa shape index (κ3) is 3.15. The van der Waals surface area contributed by atoms with Crippen molar-refractivity contribution in [3.8, 4) is 0 Å². The molecule has 3 aliphatic rings. The molecule has 2 bridgehead atoms. The molecule has 2 heterocycles. The predicted molar refractivity (Wildman–Crippen MR) is 77.8 cm³/mol. The van der Waals surface area contributed by atoms with Crippen LogP contribution < -0.4 is 10.6 Å². The molecule has 0 aromatic carbocycles. The van der Waals surface area contributed by atoms with Crippen molar-refractivity contribution >= 4 is 11.9 Å². The van der Waals surface area contributed by atoms with Gasteiger partial charge in [-0.3, -0.25) is 4.79 Å². The van der Waals surface area contributed by atoms with Crippen molar-refractivity contribution in [1.82, 2.24) is 15.5 Å². The van der Waals surface area contributed by atoms with Gasteiger partial charge in [-0.25, -0.2) is 4.79 Å². The highest BCUT2D eigenvalue weighted by Gasteiger charge is 2.46. The van der Waals surface area contributed by atoms with Crippen molar-refractivity contribution in [3.63, 3.8) is 0 Å². The Morgan fingerprint density at radius 3 is 2.62 bits per heavy atom. The van der Waals surface area contributed by atoms with Crippen molar-refractivity contribution < 1.29 is 14.3 Å². The summed E-state index contributed by atoms with van der Waals surface area (Å²) in [6.07, 6.45) is 3.98. The average molecular weight is 295 g/mol. The van der Waals surface area contributed by atoms with E-state index in [1.54, 1.807) is 4.90 Å². The van der Waals surface area contributed by atoms with Gasteiger partial charge in [-0.15, -0.1) is 0 Å². The fraction of sp³-hybridized carbons (Fsp3) is 0.867. The van der Waals surface area contributed by atoms with Gasteiger partial charge < -0.3 is 20.3 Å². The molecule has 118 valence electrons. The van der Waals surface area contributed by atoms with Crippen molar-refractivity contribution in [1.29, 1.82) is 0 Å². The van der Waals surface area contributed by atoms with Gasteiger partial charge in [-0.1, -0.05) is 0 Å². The Morgan fingerprint density at radius 2 is 2.00 bits per heavy atom. The van der Waals surface area contributed by atoms with Crippen LogP contribution in [-0.4, -0.2) is 54.2 Å². The van der Waals surface area contributed by atoms with Gasteiger partial charge in [-0.05, 0) is 39.5 Å². The van der Waals surface area contributed by atoms with Crippen molar-refractivity contribution in [2.45, 2.75) is 63.8 Å². The molecule has 6 heteroatoms. The zero-order chi connectivity index (χ0) is 15.0. The van der Waals surface area contributed by atoms with Gasteiger partial charge in [-0.2, -0.15) is 0 Å². The maximum Gasteiger partial charge on any atom is 0.317 e. The van der Waals surface area contributed by atoms with E-state index in [0.29, 0.717) is 19.1 Å². The Hall–Kier alpha value is -1.30. The molecule has 2 saturated heterocycles. The SMILES string of the molecule is CC(C)NC(=O)N1C[C@@H]2C[C@@H](C(=O)NC3CCC3)[C@H](C1)O2. The number of fused-ring (bicyclic) bond motifs is 2. The number of rotatable bonds is 3. The van der Waals surface area contributed by atoms with Gasteiger partial charge in [0.2, 0.25) is 5.91 Å². The van der Waals surface area contributed by atoms with Crippen LogP contribution in [0.2, 0.25) is 0 Å². The molecule has 3 rings (SSSR count). The summed E-state index contributed by atoms with van der Waals surface area (Å²) in [7, 11) is 0. The molecule has 3 fully saturated rings. The molecule has 0 aromatic rings. The second kappa shape index (κ2) is 5.83. The average Bonchev–Trinajstić information content (AvgIpc) is 2.67. The molecule has 1 saturated carbocycles. The standard InChI is InChI=1S/C15H25N3O3/c1-9(2)16-15(20)18-7-11-6-12(13(8-18)21-11)14(19)17-10-4-3-5-10/h9-13H,3-8H2,1-2H3,(H,16,20)(H,17,19)/t11-,12+,13-/m0/s1. The summed E-state index contributed by atoms with van der Waals surface area (Å²) in [5, 5.41) is 6.02. The number of carbonyl (C=O) groups excluding carboxylic acids is 2. The van der Waals surface area contributed by atoms with Gasteiger partial charge in [0.25, 0.3) is 0 Å². The van der Waals surface area contributed by atoms with Gasteiger partial charge in [0, 0.05) is 25.2 Å². The Balaban J connectivity index is 1.56. The van der Waals surface area contributed by atoms with Gasteiger partial charge in [0.05, 0.1) is 18.1 Å². The van der Waals surface area contributed by atoms with E-state index in [0.717, 1.165) is 19.3 Å². The minimum Gasteiger partial charge on any atom is -0.370 e. The molecule has 0 spiro atoms. The smallest absolute Gasteiger partial charge is 0.317 e. The quantitative estimate of drug-likeness (QED) is 0.811. The van der Waals surface area contributed by atoms with E-state index in [9.17, 15) is 9.59 Å². The Kier molecular flexibility index (Phi) is 4.06. The van der Waals surface area contributed by atoms with Gasteiger partial charge in [0.1, 0.15) is 0 Å². The normalized spacial score (nSPS) is 32.0. The van der Waals surface area contributed by atoms with Crippen LogP contribution in [-0.2, 0) is 9.53 Å². The first kappa shape index (κ1) is 14.6. The fourth-order valence-corrected chi connectivity index (χ4v) is 3.30. The lowest BCUT2D eigenvalue weighted by molar-refractivity contribution is -0.128. The van der Waals surface area contributed by atoms with E-state index in [-0.39, 0.29) is 36.1 Å². The third-order valence-corrected chi connectivity index (χ3v) is 4.64. The molecule has 0 aromatic heterocycles.